The van der Waals surface area contributed by atoms with E-state index in [4.69, 9.17) is 0 Å². The Balaban J connectivity index is 1.28. The Morgan fingerprint density at radius 1 is 1.23 bits per heavy atom. The average molecular weight is 379 g/mol. The van der Waals surface area contributed by atoms with Crippen molar-refractivity contribution in [2.24, 2.45) is 5.92 Å². The molecule has 4 heterocycles. The summed E-state index contributed by atoms with van der Waals surface area (Å²) in [6.07, 6.45) is 7.38. The first-order chi connectivity index (χ1) is 12.8. The third-order valence-electron chi connectivity index (χ3n) is 5.79. The average Bonchev–Trinajstić information content (AvgIpc) is 3.09. The molecule has 0 spiro atoms. The molecular weight excluding hydrogens is 348 g/mol. The molecule has 0 bridgehead atoms. The molecule has 1 amide bonds. The molecule has 0 aromatic carbocycles. The van der Waals surface area contributed by atoms with E-state index in [0.29, 0.717) is 19.0 Å². The van der Waals surface area contributed by atoms with Gasteiger partial charge in [-0.1, -0.05) is 5.21 Å². The molecule has 3 aliphatic rings. The number of likely N-dealkylation sites (tertiary alicyclic amines) is 1. The highest BCUT2D eigenvalue weighted by atomic mass is 32.2. The first-order valence-corrected chi connectivity index (χ1v) is 11.1. The Morgan fingerprint density at radius 3 is 2.96 bits per heavy atom. The second-order valence-corrected chi connectivity index (χ2v) is 9.06. The Labute approximate surface area is 159 Å². The maximum absolute atomic E-state index is 11.5. The lowest BCUT2D eigenvalue weighted by atomic mass is 9.95. The van der Waals surface area contributed by atoms with Crippen LogP contribution in [0.4, 0.5) is 0 Å². The van der Waals surface area contributed by atoms with Crippen LogP contribution in [0.2, 0.25) is 0 Å². The number of aromatic nitrogens is 3. The second-order valence-electron chi connectivity index (χ2n) is 7.84. The third kappa shape index (κ3) is 4.78. The number of amides is 1. The van der Waals surface area contributed by atoms with Gasteiger partial charge in [0.25, 0.3) is 0 Å². The molecule has 4 rings (SSSR count). The van der Waals surface area contributed by atoms with E-state index in [1.807, 2.05) is 4.68 Å². The van der Waals surface area contributed by atoms with Crippen molar-refractivity contribution >= 4 is 17.7 Å². The predicted octanol–water partition coefficient (Wildman–Crippen LogP) is 0.818. The molecule has 1 aromatic heterocycles. The van der Waals surface area contributed by atoms with Crippen LogP contribution in [0, 0.1) is 5.92 Å². The van der Waals surface area contributed by atoms with Gasteiger partial charge in [-0.25, -0.2) is 0 Å². The molecule has 1 atom stereocenters. The quantitative estimate of drug-likeness (QED) is 0.818. The number of hydrogen-bond acceptors (Lipinski definition) is 6. The van der Waals surface area contributed by atoms with E-state index in [2.05, 4.69) is 43.4 Å². The number of hydrogen-bond donors (Lipinski definition) is 1. The van der Waals surface area contributed by atoms with Crippen LogP contribution in [-0.4, -0.2) is 81.0 Å². The first kappa shape index (κ1) is 18.3. The van der Waals surface area contributed by atoms with Gasteiger partial charge in [0.05, 0.1) is 12.2 Å². The number of rotatable bonds is 5. The summed E-state index contributed by atoms with van der Waals surface area (Å²) in [5.41, 5.74) is 0.969. The molecular formula is C18H30N6OS. The van der Waals surface area contributed by atoms with Crippen molar-refractivity contribution in [3.8, 4) is 0 Å². The maximum atomic E-state index is 11.5. The highest BCUT2D eigenvalue weighted by Crippen LogP contribution is 2.27. The Hall–Kier alpha value is -1.12. The van der Waals surface area contributed by atoms with Crippen molar-refractivity contribution in [2.45, 2.75) is 44.8 Å². The van der Waals surface area contributed by atoms with Crippen molar-refractivity contribution < 1.29 is 4.79 Å². The summed E-state index contributed by atoms with van der Waals surface area (Å²) in [7, 11) is 0. The van der Waals surface area contributed by atoms with E-state index in [0.717, 1.165) is 31.4 Å². The molecule has 0 radical (unpaired) electrons. The normalized spacial score (nSPS) is 26.8. The molecule has 144 valence electrons. The van der Waals surface area contributed by atoms with Crippen LogP contribution in [-0.2, 0) is 17.9 Å². The molecule has 26 heavy (non-hydrogen) atoms. The zero-order valence-electron chi connectivity index (χ0n) is 15.5. The van der Waals surface area contributed by atoms with E-state index >= 15 is 0 Å². The standard InChI is InChI=1S/C18H30N6OS/c25-18-14-22(7-5-19-18)12-16-13-24(21-20-16)11-15-2-1-6-23(10-15)17-3-8-26-9-4-17/h13,15,17H,1-12,14H2,(H,19,25)/t15-/m1/s1. The van der Waals surface area contributed by atoms with Gasteiger partial charge in [0, 0.05) is 45.0 Å². The summed E-state index contributed by atoms with van der Waals surface area (Å²) in [5, 5.41) is 11.5. The van der Waals surface area contributed by atoms with Crippen LogP contribution in [0.1, 0.15) is 31.4 Å². The number of thioether (sulfide) groups is 1. The van der Waals surface area contributed by atoms with E-state index in [-0.39, 0.29) is 5.91 Å². The van der Waals surface area contributed by atoms with Gasteiger partial charge in [-0.15, -0.1) is 5.10 Å². The molecule has 0 unspecified atom stereocenters. The van der Waals surface area contributed by atoms with Crippen LogP contribution in [0.3, 0.4) is 0 Å². The van der Waals surface area contributed by atoms with Crippen molar-refractivity contribution in [1.29, 1.82) is 0 Å². The van der Waals surface area contributed by atoms with Gasteiger partial charge in [-0.05, 0) is 49.7 Å². The zero-order chi connectivity index (χ0) is 17.8. The third-order valence-corrected chi connectivity index (χ3v) is 6.84. The second kappa shape index (κ2) is 8.71. The maximum Gasteiger partial charge on any atom is 0.234 e. The molecule has 1 N–H and O–H groups in total. The number of piperidine rings is 1. The van der Waals surface area contributed by atoms with E-state index in [1.54, 1.807) is 0 Å². The fourth-order valence-corrected chi connectivity index (χ4v) is 5.53. The monoisotopic (exact) mass is 378 g/mol. The summed E-state index contributed by atoms with van der Waals surface area (Å²) >= 11 is 2.11. The van der Waals surface area contributed by atoms with Gasteiger partial charge in [-0.2, -0.15) is 11.8 Å². The van der Waals surface area contributed by atoms with E-state index < -0.39 is 0 Å². The lowest BCUT2D eigenvalue weighted by Gasteiger charge is -2.39. The minimum absolute atomic E-state index is 0.104. The van der Waals surface area contributed by atoms with Gasteiger partial charge in [0.2, 0.25) is 5.91 Å². The molecule has 7 nitrogen and oxygen atoms in total. The van der Waals surface area contributed by atoms with Gasteiger partial charge in [0.15, 0.2) is 0 Å². The number of piperazine rings is 1. The van der Waals surface area contributed by atoms with Gasteiger partial charge >= 0.3 is 0 Å². The summed E-state index contributed by atoms with van der Waals surface area (Å²) in [5.74, 6) is 3.43. The van der Waals surface area contributed by atoms with Crippen molar-refractivity contribution in [3.63, 3.8) is 0 Å². The number of nitrogens with one attached hydrogen (secondary N) is 1. The number of nitrogens with zero attached hydrogens (tertiary/aromatic N) is 5. The van der Waals surface area contributed by atoms with Gasteiger partial charge in [-0.3, -0.25) is 19.3 Å². The molecule has 3 saturated heterocycles. The minimum Gasteiger partial charge on any atom is -0.354 e. The number of carbonyl (C=O) groups excluding carboxylic acids is 1. The Morgan fingerprint density at radius 2 is 2.12 bits per heavy atom. The molecule has 3 fully saturated rings. The predicted molar refractivity (Wildman–Crippen MR) is 103 cm³/mol. The Bertz CT molecular complexity index is 602. The Kier molecular flexibility index (Phi) is 6.12. The fourth-order valence-electron chi connectivity index (χ4n) is 4.45. The summed E-state index contributed by atoms with van der Waals surface area (Å²) < 4.78 is 2.02. The molecule has 1 aromatic rings. The highest BCUT2D eigenvalue weighted by Gasteiger charge is 2.27. The summed E-state index contributed by atoms with van der Waals surface area (Å²) in [4.78, 5) is 16.4. The van der Waals surface area contributed by atoms with Crippen LogP contribution in [0.5, 0.6) is 0 Å². The molecule has 0 aliphatic carbocycles. The molecule has 3 aliphatic heterocycles. The van der Waals surface area contributed by atoms with Crippen LogP contribution < -0.4 is 5.32 Å². The topological polar surface area (TPSA) is 66.3 Å². The van der Waals surface area contributed by atoms with Crippen molar-refractivity contribution in [3.05, 3.63) is 11.9 Å². The lowest BCUT2D eigenvalue weighted by molar-refractivity contribution is -0.124. The minimum atomic E-state index is 0.104. The van der Waals surface area contributed by atoms with E-state index in [9.17, 15) is 4.79 Å². The molecule has 8 heteroatoms. The highest BCUT2D eigenvalue weighted by molar-refractivity contribution is 7.99. The largest absolute Gasteiger partial charge is 0.354 e. The fraction of sp³-hybridized carbons (Fsp3) is 0.833. The smallest absolute Gasteiger partial charge is 0.234 e. The van der Waals surface area contributed by atoms with Crippen LogP contribution in [0.25, 0.3) is 0 Å². The zero-order valence-corrected chi connectivity index (χ0v) is 16.3. The van der Waals surface area contributed by atoms with Crippen LogP contribution >= 0.6 is 11.8 Å². The molecule has 0 saturated carbocycles. The summed E-state index contributed by atoms with van der Waals surface area (Å²) in [6, 6.07) is 0.801. The lowest BCUT2D eigenvalue weighted by Crippen LogP contribution is -2.47. The van der Waals surface area contributed by atoms with Crippen LogP contribution in [0.15, 0.2) is 6.20 Å². The first-order valence-electron chi connectivity index (χ1n) is 9.96. The van der Waals surface area contributed by atoms with Crippen molar-refractivity contribution in [2.75, 3.05) is 44.2 Å². The number of carbonyl (C=O) groups is 1. The van der Waals surface area contributed by atoms with Gasteiger partial charge in [0.1, 0.15) is 0 Å². The van der Waals surface area contributed by atoms with Gasteiger partial charge < -0.3 is 5.32 Å². The van der Waals surface area contributed by atoms with Crippen molar-refractivity contribution in [1.82, 2.24) is 30.1 Å². The SMILES string of the molecule is O=C1CN(Cc2cn(C[C@@H]3CCCN(C4CCSCC4)C3)nn2)CCN1. The summed E-state index contributed by atoms with van der Waals surface area (Å²) in [6.45, 7) is 6.22. The van der Waals surface area contributed by atoms with E-state index in [1.165, 1.54) is 50.3 Å².